The monoisotopic (exact) mass is 226 g/mol. The number of hydrogen-bond acceptors (Lipinski definition) is 3. The summed E-state index contributed by atoms with van der Waals surface area (Å²) in [5.41, 5.74) is 5.55. The van der Waals surface area contributed by atoms with E-state index in [1.165, 1.54) is 0 Å². The molecule has 0 bridgehead atoms. The summed E-state index contributed by atoms with van der Waals surface area (Å²) in [5, 5.41) is 0. The van der Waals surface area contributed by atoms with Crippen LogP contribution in [-0.4, -0.2) is 41.6 Å². The second-order valence-corrected chi connectivity index (χ2v) is 5.47. The fourth-order valence-corrected chi connectivity index (χ4v) is 2.75. The molecule has 2 heterocycles. The van der Waals surface area contributed by atoms with Crippen molar-refractivity contribution in [1.29, 1.82) is 0 Å². The lowest BCUT2D eigenvalue weighted by Crippen LogP contribution is -2.47. The van der Waals surface area contributed by atoms with Crippen molar-refractivity contribution in [2.75, 3.05) is 13.1 Å². The molecule has 2 saturated heterocycles. The van der Waals surface area contributed by atoms with Crippen LogP contribution in [0.15, 0.2) is 0 Å². The van der Waals surface area contributed by atoms with E-state index in [-0.39, 0.29) is 23.7 Å². The molecule has 0 aromatic heterocycles. The van der Waals surface area contributed by atoms with Gasteiger partial charge in [-0.25, -0.2) is 0 Å². The Morgan fingerprint density at radius 2 is 2.25 bits per heavy atom. The van der Waals surface area contributed by atoms with Gasteiger partial charge in [0.25, 0.3) is 5.91 Å². The lowest BCUT2D eigenvalue weighted by molar-refractivity contribution is -0.146. The molecule has 4 nitrogen and oxygen atoms in total. The largest absolute Gasteiger partial charge is 0.364 e. The van der Waals surface area contributed by atoms with E-state index < -0.39 is 0 Å². The molecule has 0 saturated carbocycles. The van der Waals surface area contributed by atoms with Crippen LogP contribution in [0.3, 0.4) is 0 Å². The maximum atomic E-state index is 12.3. The van der Waals surface area contributed by atoms with Crippen molar-refractivity contribution in [3.63, 3.8) is 0 Å². The molecular formula is C12H22N2O2. The quantitative estimate of drug-likeness (QED) is 0.761. The van der Waals surface area contributed by atoms with Gasteiger partial charge in [0, 0.05) is 18.6 Å². The zero-order valence-electron chi connectivity index (χ0n) is 10.2. The van der Waals surface area contributed by atoms with Crippen LogP contribution in [0.4, 0.5) is 0 Å². The minimum atomic E-state index is -0.245. The van der Waals surface area contributed by atoms with Crippen molar-refractivity contribution < 1.29 is 9.53 Å². The maximum Gasteiger partial charge on any atom is 0.252 e. The molecule has 2 rings (SSSR count). The van der Waals surface area contributed by atoms with Crippen molar-refractivity contribution in [3.8, 4) is 0 Å². The molecule has 0 aromatic carbocycles. The Hall–Kier alpha value is -0.610. The van der Waals surface area contributed by atoms with Gasteiger partial charge in [-0.2, -0.15) is 0 Å². The minimum absolute atomic E-state index is 0.00123. The number of likely N-dealkylation sites (tertiary alicyclic amines) is 1. The van der Waals surface area contributed by atoms with Crippen LogP contribution >= 0.6 is 0 Å². The molecule has 4 heteroatoms. The predicted molar refractivity (Wildman–Crippen MR) is 62.0 cm³/mol. The molecule has 2 N–H and O–H groups in total. The first-order valence-electron chi connectivity index (χ1n) is 6.21. The molecule has 1 amide bonds. The summed E-state index contributed by atoms with van der Waals surface area (Å²) in [6.45, 7) is 5.66. The van der Waals surface area contributed by atoms with Gasteiger partial charge in [0.2, 0.25) is 0 Å². The Bertz CT molecular complexity index is 278. The van der Waals surface area contributed by atoms with E-state index >= 15 is 0 Å². The van der Waals surface area contributed by atoms with Crippen LogP contribution in [0, 0.1) is 0 Å². The molecular weight excluding hydrogens is 204 g/mol. The molecule has 92 valence electrons. The highest BCUT2D eigenvalue weighted by Crippen LogP contribution is 2.31. The first kappa shape index (κ1) is 11.9. The summed E-state index contributed by atoms with van der Waals surface area (Å²) in [4.78, 5) is 14.3. The third-order valence-corrected chi connectivity index (χ3v) is 3.81. The Labute approximate surface area is 97.1 Å². The van der Waals surface area contributed by atoms with Crippen molar-refractivity contribution in [2.24, 2.45) is 5.73 Å². The van der Waals surface area contributed by atoms with Gasteiger partial charge in [0.05, 0.1) is 6.10 Å². The van der Waals surface area contributed by atoms with E-state index in [0.717, 1.165) is 32.2 Å². The van der Waals surface area contributed by atoms with Crippen LogP contribution in [0.2, 0.25) is 0 Å². The fourth-order valence-electron chi connectivity index (χ4n) is 2.75. The van der Waals surface area contributed by atoms with E-state index in [1.54, 1.807) is 0 Å². The lowest BCUT2D eigenvalue weighted by Gasteiger charge is -2.33. The van der Waals surface area contributed by atoms with E-state index in [2.05, 4.69) is 13.8 Å². The zero-order valence-corrected chi connectivity index (χ0v) is 10.2. The van der Waals surface area contributed by atoms with Crippen LogP contribution in [-0.2, 0) is 9.53 Å². The molecule has 2 fully saturated rings. The van der Waals surface area contributed by atoms with E-state index in [1.807, 2.05) is 4.90 Å². The number of carbonyl (C=O) groups is 1. The number of rotatable bonds is 2. The average Bonchev–Trinajstić information content (AvgIpc) is 2.82. The van der Waals surface area contributed by atoms with Crippen LogP contribution in [0.5, 0.6) is 0 Å². The Balaban J connectivity index is 1.98. The SMILES string of the molecule is CC1(C)CCCN1C(=O)C1CCC(CN)O1. The van der Waals surface area contributed by atoms with Gasteiger partial charge >= 0.3 is 0 Å². The standard InChI is InChI=1S/C12H22N2O2/c1-12(2)6-3-7-14(12)11(15)10-5-4-9(8-13)16-10/h9-10H,3-8,13H2,1-2H3. The average molecular weight is 226 g/mol. The van der Waals surface area contributed by atoms with Gasteiger partial charge in [-0.3, -0.25) is 4.79 Å². The molecule has 2 aliphatic heterocycles. The van der Waals surface area contributed by atoms with Crippen LogP contribution < -0.4 is 5.73 Å². The zero-order chi connectivity index (χ0) is 11.8. The van der Waals surface area contributed by atoms with Crippen LogP contribution in [0.25, 0.3) is 0 Å². The van der Waals surface area contributed by atoms with Crippen LogP contribution in [0.1, 0.15) is 39.5 Å². The molecule has 0 spiro atoms. The maximum absolute atomic E-state index is 12.3. The van der Waals surface area contributed by atoms with Gasteiger partial charge in [0.1, 0.15) is 6.10 Å². The molecule has 0 aromatic rings. The smallest absolute Gasteiger partial charge is 0.252 e. The number of nitrogens with two attached hydrogens (primary N) is 1. The normalized spacial score (nSPS) is 33.3. The topological polar surface area (TPSA) is 55.6 Å². The van der Waals surface area contributed by atoms with E-state index in [4.69, 9.17) is 10.5 Å². The second kappa shape index (κ2) is 4.34. The summed E-state index contributed by atoms with van der Waals surface area (Å²) in [7, 11) is 0. The van der Waals surface area contributed by atoms with Crippen molar-refractivity contribution in [1.82, 2.24) is 4.90 Å². The predicted octanol–water partition coefficient (Wildman–Crippen LogP) is 0.894. The van der Waals surface area contributed by atoms with Gasteiger partial charge in [-0.05, 0) is 39.5 Å². The van der Waals surface area contributed by atoms with Crippen molar-refractivity contribution in [2.45, 2.75) is 57.3 Å². The van der Waals surface area contributed by atoms with Crippen molar-refractivity contribution in [3.05, 3.63) is 0 Å². The summed E-state index contributed by atoms with van der Waals surface area (Å²) in [6.07, 6.45) is 3.78. The summed E-state index contributed by atoms with van der Waals surface area (Å²) in [5.74, 6) is 0.165. The summed E-state index contributed by atoms with van der Waals surface area (Å²) in [6, 6.07) is 0. The Kier molecular flexibility index (Phi) is 3.22. The number of carbonyl (C=O) groups excluding carboxylic acids is 1. The molecule has 0 aliphatic carbocycles. The highest BCUT2D eigenvalue weighted by atomic mass is 16.5. The minimum Gasteiger partial charge on any atom is -0.364 e. The van der Waals surface area contributed by atoms with Crippen molar-refractivity contribution >= 4 is 5.91 Å². The fraction of sp³-hybridized carbons (Fsp3) is 0.917. The number of ether oxygens (including phenoxy) is 1. The Morgan fingerprint density at radius 1 is 1.50 bits per heavy atom. The van der Waals surface area contributed by atoms with Gasteiger partial charge < -0.3 is 15.4 Å². The van der Waals surface area contributed by atoms with Gasteiger partial charge in [-0.15, -0.1) is 0 Å². The molecule has 2 aliphatic rings. The summed E-state index contributed by atoms with van der Waals surface area (Å²) >= 11 is 0. The van der Waals surface area contributed by atoms with E-state index in [9.17, 15) is 4.79 Å². The number of nitrogens with zero attached hydrogens (tertiary/aromatic N) is 1. The molecule has 0 radical (unpaired) electrons. The van der Waals surface area contributed by atoms with Gasteiger partial charge in [-0.1, -0.05) is 0 Å². The second-order valence-electron chi connectivity index (χ2n) is 5.47. The Morgan fingerprint density at radius 3 is 2.75 bits per heavy atom. The third-order valence-electron chi connectivity index (χ3n) is 3.81. The van der Waals surface area contributed by atoms with E-state index in [0.29, 0.717) is 6.54 Å². The molecule has 2 atom stereocenters. The third kappa shape index (κ3) is 2.09. The molecule has 16 heavy (non-hydrogen) atoms. The number of hydrogen-bond donors (Lipinski definition) is 1. The first-order valence-corrected chi connectivity index (χ1v) is 6.21. The molecule has 2 unspecified atom stereocenters. The first-order chi connectivity index (χ1) is 7.54. The highest BCUT2D eigenvalue weighted by molar-refractivity contribution is 5.82. The summed E-state index contributed by atoms with van der Waals surface area (Å²) < 4.78 is 5.66. The van der Waals surface area contributed by atoms with Gasteiger partial charge in [0.15, 0.2) is 0 Å². The lowest BCUT2D eigenvalue weighted by atomic mass is 10.0. The highest BCUT2D eigenvalue weighted by Gasteiger charge is 2.40. The number of amides is 1.